The molecule has 0 nitrogen and oxygen atoms in total. The molecule has 0 heterocycles. The Kier molecular flexibility index (Phi) is 2.79. The zero-order valence-electron chi connectivity index (χ0n) is 6.32. The van der Waals surface area contributed by atoms with Crippen LogP contribution in [0.4, 0.5) is 13.2 Å². The van der Waals surface area contributed by atoms with Gasteiger partial charge in [-0.25, -0.2) is 0 Å². The van der Waals surface area contributed by atoms with E-state index in [-0.39, 0.29) is 5.92 Å². The molecule has 1 radical (unpaired) electrons. The first-order valence-corrected chi connectivity index (χ1v) is 3.98. The highest BCUT2D eigenvalue weighted by Gasteiger charge is 2.32. The van der Waals surface area contributed by atoms with E-state index in [0.717, 1.165) is 25.7 Å². The van der Waals surface area contributed by atoms with Gasteiger partial charge in [0.25, 0.3) is 0 Å². The molecule has 1 rings (SSSR count). The molecule has 1 aliphatic carbocycles. The van der Waals surface area contributed by atoms with E-state index >= 15 is 0 Å². The Morgan fingerprint density at radius 2 is 2.00 bits per heavy atom. The van der Waals surface area contributed by atoms with Gasteiger partial charge in [-0.2, -0.15) is 13.2 Å². The highest BCUT2D eigenvalue weighted by Crippen LogP contribution is 2.33. The van der Waals surface area contributed by atoms with Gasteiger partial charge < -0.3 is 0 Å². The summed E-state index contributed by atoms with van der Waals surface area (Å²) in [5.41, 5.74) is 0. The minimum absolute atomic E-state index is 0.205. The van der Waals surface area contributed by atoms with Crippen LogP contribution in [-0.4, -0.2) is 6.18 Å². The molecule has 1 fully saturated rings. The minimum Gasteiger partial charge on any atom is -0.171 e. The van der Waals surface area contributed by atoms with E-state index in [2.05, 4.69) is 0 Å². The second kappa shape index (κ2) is 3.46. The molecular formula is C8H12F3. The maximum absolute atomic E-state index is 11.8. The third kappa shape index (κ3) is 3.63. The Morgan fingerprint density at radius 3 is 2.45 bits per heavy atom. The lowest BCUT2D eigenvalue weighted by atomic mass is 9.87. The zero-order valence-corrected chi connectivity index (χ0v) is 6.32. The molecule has 0 N–H and O–H groups in total. The summed E-state index contributed by atoms with van der Waals surface area (Å²) in [6.45, 7) is 0. The highest BCUT2D eigenvalue weighted by molar-refractivity contribution is 4.82. The van der Waals surface area contributed by atoms with Gasteiger partial charge in [0, 0.05) is 6.42 Å². The van der Waals surface area contributed by atoms with E-state index in [4.69, 9.17) is 0 Å². The zero-order chi connectivity index (χ0) is 8.32. The third-order valence-electron chi connectivity index (χ3n) is 2.02. The molecule has 0 aromatic rings. The number of rotatable bonds is 1. The van der Waals surface area contributed by atoms with E-state index in [0.29, 0.717) is 0 Å². The predicted molar refractivity (Wildman–Crippen MR) is 36.9 cm³/mol. The summed E-state index contributed by atoms with van der Waals surface area (Å²) in [6.07, 6.45) is 0.828. The number of hydrogen-bond donors (Lipinski definition) is 0. The first-order chi connectivity index (χ1) is 5.08. The molecular weight excluding hydrogens is 153 g/mol. The number of halogens is 3. The Labute approximate surface area is 64.8 Å². The van der Waals surface area contributed by atoms with E-state index < -0.39 is 12.6 Å². The van der Waals surface area contributed by atoms with Crippen LogP contribution in [0.15, 0.2) is 0 Å². The van der Waals surface area contributed by atoms with Gasteiger partial charge >= 0.3 is 6.18 Å². The van der Waals surface area contributed by atoms with Crippen molar-refractivity contribution in [2.45, 2.75) is 38.3 Å². The summed E-state index contributed by atoms with van der Waals surface area (Å²) < 4.78 is 35.5. The number of hydrogen-bond acceptors (Lipinski definition) is 0. The fourth-order valence-electron chi connectivity index (χ4n) is 1.50. The van der Waals surface area contributed by atoms with Crippen molar-refractivity contribution in [2.75, 3.05) is 0 Å². The normalized spacial score (nSPS) is 22.1. The van der Waals surface area contributed by atoms with Crippen molar-refractivity contribution in [2.24, 2.45) is 5.92 Å². The molecule has 0 bridgehead atoms. The second-order valence-electron chi connectivity index (χ2n) is 3.10. The van der Waals surface area contributed by atoms with Crippen molar-refractivity contribution in [3.05, 3.63) is 6.42 Å². The van der Waals surface area contributed by atoms with Gasteiger partial charge in [0.05, 0.1) is 0 Å². The Balaban J connectivity index is 2.24. The first kappa shape index (κ1) is 8.88. The van der Waals surface area contributed by atoms with Gasteiger partial charge in [-0.1, -0.05) is 12.8 Å². The maximum Gasteiger partial charge on any atom is 0.389 e. The summed E-state index contributed by atoms with van der Waals surface area (Å²) in [5.74, 6) is -0.205. The van der Waals surface area contributed by atoms with Gasteiger partial charge in [0.2, 0.25) is 0 Å². The van der Waals surface area contributed by atoms with Crippen LogP contribution in [0.1, 0.15) is 32.1 Å². The lowest BCUT2D eigenvalue weighted by Crippen LogP contribution is -2.17. The summed E-state index contributed by atoms with van der Waals surface area (Å²) in [5, 5.41) is 0. The molecule has 1 atom stereocenters. The van der Waals surface area contributed by atoms with Gasteiger partial charge in [-0.05, 0) is 25.2 Å². The smallest absolute Gasteiger partial charge is 0.171 e. The molecule has 3 heteroatoms. The van der Waals surface area contributed by atoms with E-state index in [1.54, 1.807) is 0 Å². The summed E-state index contributed by atoms with van der Waals surface area (Å²) >= 11 is 0. The van der Waals surface area contributed by atoms with Crippen LogP contribution in [0, 0.1) is 12.3 Å². The van der Waals surface area contributed by atoms with Crippen LogP contribution in [0.2, 0.25) is 0 Å². The molecule has 11 heavy (non-hydrogen) atoms. The van der Waals surface area contributed by atoms with Crippen LogP contribution in [-0.2, 0) is 0 Å². The van der Waals surface area contributed by atoms with Crippen molar-refractivity contribution in [3.63, 3.8) is 0 Å². The van der Waals surface area contributed by atoms with Gasteiger partial charge in [0.15, 0.2) is 0 Å². The van der Waals surface area contributed by atoms with Crippen LogP contribution in [0.25, 0.3) is 0 Å². The Hall–Kier alpha value is -0.210. The fourth-order valence-corrected chi connectivity index (χ4v) is 1.50. The monoisotopic (exact) mass is 165 g/mol. The molecule has 65 valence electrons. The topological polar surface area (TPSA) is 0 Å². The lowest BCUT2D eigenvalue weighted by Gasteiger charge is -2.21. The standard InChI is InChI=1S/C8H12F3/c9-8(10,11)6-7-4-2-1-3-5-7/h4,7H,1-3,5-6H2. The number of alkyl halides is 3. The van der Waals surface area contributed by atoms with E-state index in [1.165, 1.54) is 0 Å². The van der Waals surface area contributed by atoms with Crippen molar-refractivity contribution in [1.29, 1.82) is 0 Å². The van der Waals surface area contributed by atoms with Crippen molar-refractivity contribution in [1.82, 2.24) is 0 Å². The average molecular weight is 165 g/mol. The summed E-state index contributed by atoms with van der Waals surface area (Å²) in [6, 6.07) is 0. The van der Waals surface area contributed by atoms with Crippen LogP contribution in [0.5, 0.6) is 0 Å². The summed E-state index contributed by atoms with van der Waals surface area (Å²) in [4.78, 5) is 0. The van der Waals surface area contributed by atoms with Gasteiger partial charge in [0.1, 0.15) is 0 Å². The van der Waals surface area contributed by atoms with Crippen LogP contribution >= 0.6 is 0 Å². The van der Waals surface area contributed by atoms with Gasteiger partial charge in [-0.3, -0.25) is 0 Å². The SMILES string of the molecule is FC(F)(F)CC1[CH]CCCC1. The highest BCUT2D eigenvalue weighted by atomic mass is 19.4. The molecule has 0 aliphatic heterocycles. The van der Waals surface area contributed by atoms with E-state index in [1.807, 2.05) is 6.42 Å². The predicted octanol–water partition coefficient (Wildman–Crippen LogP) is 3.33. The van der Waals surface area contributed by atoms with Crippen molar-refractivity contribution >= 4 is 0 Å². The quantitative estimate of drug-likeness (QED) is 0.559. The maximum atomic E-state index is 11.8. The largest absolute Gasteiger partial charge is 0.389 e. The van der Waals surface area contributed by atoms with Crippen molar-refractivity contribution in [3.8, 4) is 0 Å². The van der Waals surface area contributed by atoms with E-state index in [9.17, 15) is 13.2 Å². The average Bonchev–Trinajstić information content (AvgIpc) is 1.85. The lowest BCUT2D eigenvalue weighted by molar-refractivity contribution is -0.143. The van der Waals surface area contributed by atoms with Crippen LogP contribution < -0.4 is 0 Å². The van der Waals surface area contributed by atoms with Crippen LogP contribution in [0.3, 0.4) is 0 Å². The third-order valence-corrected chi connectivity index (χ3v) is 2.02. The molecule has 0 spiro atoms. The first-order valence-electron chi connectivity index (χ1n) is 3.98. The molecule has 1 aliphatic rings. The molecule has 0 amide bonds. The summed E-state index contributed by atoms with van der Waals surface area (Å²) in [7, 11) is 0. The molecule has 1 unspecified atom stereocenters. The second-order valence-corrected chi connectivity index (χ2v) is 3.10. The minimum atomic E-state index is -3.97. The Morgan fingerprint density at radius 1 is 1.27 bits per heavy atom. The van der Waals surface area contributed by atoms with Crippen molar-refractivity contribution < 1.29 is 13.2 Å². The fraction of sp³-hybridized carbons (Fsp3) is 0.875. The molecule has 0 aromatic heterocycles. The molecule has 0 aromatic carbocycles. The molecule has 1 saturated carbocycles. The van der Waals surface area contributed by atoms with Gasteiger partial charge in [-0.15, -0.1) is 0 Å². The Bertz CT molecular complexity index is 111. The molecule has 0 saturated heterocycles.